The molecule has 0 bridgehead atoms. The Morgan fingerprint density at radius 1 is 1.31 bits per heavy atom. The van der Waals surface area contributed by atoms with E-state index in [1.165, 1.54) is 0 Å². The number of carbonyl (C=O) groups is 1. The molecular weight excluding hydrogens is 162 g/mol. The van der Waals surface area contributed by atoms with E-state index in [9.17, 15) is 4.79 Å². The van der Waals surface area contributed by atoms with Gasteiger partial charge in [0.05, 0.1) is 6.04 Å². The normalized spacial score (nSPS) is 14.7. The van der Waals surface area contributed by atoms with Crippen molar-refractivity contribution in [3.05, 3.63) is 0 Å². The number of ketones is 1. The van der Waals surface area contributed by atoms with Gasteiger partial charge in [0, 0.05) is 12.5 Å². The van der Waals surface area contributed by atoms with Crippen LogP contribution >= 0.6 is 0 Å². The minimum absolute atomic E-state index is 0.0113. The Morgan fingerprint density at radius 2 is 1.77 bits per heavy atom. The van der Waals surface area contributed by atoms with Gasteiger partial charge in [-0.3, -0.25) is 4.79 Å². The predicted molar refractivity (Wildman–Crippen MR) is 56.8 cm³/mol. The Morgan fingerprint density at radius 3 is 2.00 bits per heavy atom. The molecule has 0 spiro atoms. The highest BCUT2D eigenvalue weighted by Crippen LogP contribution is 2.21. The van der Waals surface area contributed by atoms with Crippen LogP contribution in [0.25, 0.3) is 0 Å². The minimum atomic E-state index is -0.0162. The van der Waals surface area contributed by atoms with Crippen LogP contribution in [0.2, 0.25) is 0 Å². The third kappa shape index (κ3) is 4.41. The van der Waals surface area contributed by atoms with Crippen LogP contribution in [0, 0.1) is 5.41 Å². The monoisotopic (exact) mass is 185 g/mol. The number of nitrogens with one attached hydrogen (secondary N) is 1. The Kier molecular flexibility index (Phi) is 4.62. The van der Waals surface area contributed by atoms with Gasteiger partial charge in [0.15, 0.2) is 0 Å². The lowest BCUT2D eigenvalue weighted by atomic mass is 9.83. The molecule has 0 rings (SSSR count). The molecular formula is C11H23NO. The maximum Gasteiger partial charge on any atom is 0.150 e. The smallest absolute Gasteiger partial charge is 0.150 e. The molecule has 1 atom stereocenters. The summed E-state index contributed by atoms with van der Waals surface area (Å²) in [6, 6.07) is 0.345. The second-order valence-corrected chi connectivity index (χ2v) is 4.94. The van der Waals surface area contributed by atoms with Gasteiger partial charge < -0.3 is 5.32 Å². The first-order chi connectivity index (χ1) is 5.79. The number of hydrogen-bond donors (Lipinski definition) is 1. The summed E-state index contributed by atoms with van der Waals surface area (Å²) in [5, 5.41) is 3.32. The maximum atomic E-state index is 11.6. The molecule has 0 radical (unpaired) electrons. The van der Waals surface area contributed by atoms with Crippen LogP contribution in [0.5, 0.6) is 0 Å². The standard InChI is InChI=1S/C11H23NO/c1-7-9(13)10(11(4,5)6)12-8(2)3/h8,10,12H,7H2,1-6H3/t10-/m0/s1. The predicted octanol–water partition coefficient (Wildman–Crippen LogP) is 2.38. The van der Waals surface area contributed by atoms with Crippen molar-refractivity contribution in [2.24, 2.45) is 5.41 Å². The summed E-state index contributed by atoms with van der Waals surface area (Å²) in [5.41, 5.74) is 0.0113. The second kappa shape index (κ2) is 4.75. The molecule has 1 N–H and O–H groups in total. The Bertz CT molecular complexity index is 167. The fourth-order valence-corrected chi connectivity index (χ4v) is 1.36. The molecule has 0 saturated carbocycles. The lowest BCUT2D eigenvalue weighted by Gasteiger charge is -2.31. The first-order valence-electron chi connectivity index (χ1n) is 5.07. The SMILES string of the molecule is CCC(=O)[C@H](NC(C)C)C(C)(C)C. The van der Waals surface area contributed by atoms with Gasteiger partial charge in [-0.15, -0.1) is 0 Å². The Labute approximate surface area is 82.1 Å². The molecule has 0 aromatic rings. The van der Waals surface area contributed by atoms with Crippen molar-refractivity contribution < 1.29 is 4.79 Å². The lowest BCUT2D eigenvalue weighted by molar-refractivity contribution is -0.123. The summed E-state index contributed by atoms with van der Waals surface area (Å²) in [5.74, 6) is 0.307. The number of rotatable bonds is 4. The van der Waals surface area contributed by atoms with Crippen LogP contribution in [0.1, 0.15) is 48.0 Å². The van der Waals surface area contributed by atoms with Crippen molar-refractivity contribution >= 4 is 5.78 Å². The third-order valence-corrected chi connectivity index (χ3v) is 2.04. The summed E-state index contributed by atoms with van der Waals surface area (Å²) >= 11 is 0. The molecule has 0 aliphatic carbocycles. The zero-order chi connectivity index (χ0) is 10.6. The molecule has 78 valence electrons. The average molecular weight is 185 g/mol. The van der Waals surface area contributed by atoms with Gasteiger partial charge in [0.1, 0.15) is 5.78 Å². The van der Waals surface area contributed by atoms with Crippen LogP contribution in [0.4, 0.5) is 0 Å². The van der Waals surface area contributed by atoms with Gasteiger partial charge in [-0.2, -0.15) is 0 Å². The van der Waals surface area contributed by atoms with E-state index in [4.69, 9.17) is 0 Å². The maximum absolute atomic E-state index is 11.6. The van der Waals surface area contributed by atoms with E-state index in [0.717, 1.165) is 0 Å². The Hall–Kier alpha value is -0.370. The molecule has 2 heteroatoms. The van der Waals surface area contributed by atoms with E-state index in [0.29, 0.717) is 18.2 Å². The molecule has 0 aliphatic heterocycles. The van der Waals surface area contributed by atoms with Gasteiger partial charge >= 0.3 is 0 Å². The minimum Gasteiger partial charge on any atom is -0.305 e. The highest BCUT2D eigenvalue weighted by atomic mass is 16.1. The first kappa shape index (κ1) is 12.6. The molecule has 0 aromatic heterocycles. The zero-order valence-electron chi connectivity index (χ0n) is 9.77. The average Bonchev–Trinajstić information content (AvgIpc) is 1.96. The van der Waals surface area contributed by atoms with Crippen LogP contribution in [-0.4, -0.2) is 17.9 Å². The molecule has 0 amide bonds. The van der Waals surface area contributed by atoms with Crippen molar-refractivity contribution in [2.75, 3.05) is 0 Å². The summed E-state index contributed by atoms with van der Waals surface area (Å²) in [6.45, 7) is 12.4. The Balaban J connectivity index is 4.47. The fourth-order valence-electron chi connectivity index (χ4n) is 1.36. The lowest BCUT2D eigenvalue weighted by Crippen LogP contribution is -2.49. The second-order valence-electron chi connectivity index (χ2n) is 4.94. The number of Topliss-reactive ketones (excluding diaryl/α,β-unsaturated/α-hetero) is 1. The van der Waals surface area contributed by atoms with Crippen molar-refractivity contribution in [1.29, 1.82) is 0 Å². The van der Waals surface area contributed by atoms with Crippen LogP contribution < -0.4 is 5.32 Å². The van der Waals surface area contributed by atoms with E-state index in [1.54, 1.807) is 0 Å². The summed E-state index contributed by atoms with van der Waals surface area (Å²) < 4.78 is 0. The van der Waals surface area contributed by atoms with Crippen LogP contribution in [-0.2, 0) is 4.79 Å². The van der Waals surface area contributed by atoms with Crippen molar-refractivity contribution in [2.45, 2.75) is 60.0 Å². The summed E-state index contributed by atoms with van der Waals surface area (Å²) in [6.07, 6.45) is 0.613. The van der Waals surface area contributed by atoms with E-state index in [2.05, 4.69) is 39.9 Å². The van der Waals surface area contributed by atoms with Gasteiger partial charge in [-0.1, -0.05) is 41.5 Å². The van der Waals surface area contributed by atoms with E-state index < -0.39 is 0 Å². The van der Waals surface area contributed by atoms with E-state index >= 15 is 0 Å². The van der Waals surface area contributed by atoms with Gasteiger partial charge in [0.25, 0.3) is 0 Å². The number of carbonyl (C=O) groups excluding carboxylic acids is 1. The van der Waals surface area contributed by atoms with Crippen molar-refractivity contribution in [3.63, 3.8) is 0 Å². The van der Waals surface area contributed by atoms with Gasteiger partial charge in [0.2, 0.25) is 0 Å². The first-order valence-corrected chi connectivity index (χ1v) is 5.07. The van der Waals surface area contributed by atoms with Crippen molar-refractivity contribution in [3.8, 4) is 0 Å². The molecule has 0 aromatic carbocycles. The fraction of sp³-hybridized carbons (Fsp3) is 0.909. The van der Waals surface area contributed by atoms with E-state index in [1.807, 2.05) is 6.92 Å². The highest BCUT2D eigenvalue weighted by Gasteiger charge is 2.29. The number of hydrogen-bond acceptors (Lipinski definition) is 2. The third-order valence-electron chi connectivity index (χ3n) is 2.04. The topological polar surface area (TPSA) is 29.1 Å². The van der Waals surface area contributed by atoms with Crippen molar-refractivity contribution in [1.82, 2.24) is 5.32 Å². The molecule has 0 unspecified atom stereocenters. The molecule has 0 saturated heterocycles. The largest absolute Gasteiger partial charge is 0.305 e. The quantitative estimate of drug-likeness (QED) is 0.728. The summed E-state index contributed by atoms with van der Waals surface area (Å²) in [7, 11) is 0. The van der Waals surface area contributed by atoms with Gasteiger partial charge in [-0.25, -0.2) is 0 Å². The molecule has 0 fully saturated rings. The van der Waals surface area contributed by atoms with Crippen LogP contribution in [0.3, 0.4) is 0 Å². The van der Waals surface area contributed by atoms with Gasteiger partial charge in [-0.05, 0) is 5.41 Å². The summed E-state index contributed by atoms with van der Waals surface area (Å²) in [4.78, 5) is 11.6. The molecule has 2 nitrogen and oxygen atoms in total. The molecule has 13 heavy (non-hydrogen) atoms. The zero-order valence-corrected chi connectivity index (χ0v) is 9.77. The molecule has 0 heterocycles. The van der Waals surface area contributed by atoms with Crippen LogP contribution in [0.15, 0.2) is 0 Å². The highest BCUT2D eigenvalue weighted by molar-refractivity contribution is 5.84. The van der Waals surface area contributed by atoms with E-state index in [-0.39, 0.29) is 11.5 Å². The molecule has 0 aliphatic rings.